The van der Waals surface area contributed by atoms with Crippen LogP contribution in [0.15, 0.2) is 24.5 Å². The highest BCUT2D eigenvalue weighted by molar-refractivity contribution is 5.90. The number of hydrogen-bond acceptors (Lipinski definition) is 8. The Morgan fingerprint density at radius 2 is 1.69 bits per heavy atom. The summed E-state index contributed by atoms with van der Waals surface area (Å²) >= 11 is 0. The Hall–Kier alpha value is -2.89. The molecule has 0 aromatic carbocycles. The summed E-state index contributed by atoms with van der Waals surface area (Å²) in [5.74, 6) is -0.0786. The third-order valence-corrected chi connectivity index (χ3v) is 8.30. The molecule has 0 spiro atoms. The van der Waals surface area contributed by atoms with Crippen molar-refractivity contribution >= 4 is 23.5 Å². The Kier molecular flexibility index (Phi) is 14.3. The zero-order valence-electron chi connectivity index (χ0n) is 25.3. The zero-order valence-corrected chi connectivity index (χ0v) is 25.3. The van der Waals surface area contributed by atoms with Gasteiger partial charge >= 0.3 is 0 Å². The summed E-state index contributed by atoms with van der Waals surface area (Å²) in [6.45, 7) is 6.62. The van der Waals surface area contributed by atoms with Gasteiger partial charge in [-0.05, 0) is 43.7 Å². The molecule has 0 radical (unpaired) electrons. The highest BCUT2D eigenvalue weighted by Crippen LogP contribution is 2.36. The number of carbonyl (C=O) groups is 4. The largest absolute Gasteiger partial charge is 0.379 e. The van der Waals surface area contributed by atoms with E-state index in [-0.39, 0.29) is 48.1 Å². The van der Waals surface area contributed by atoms with Crippen molar-refractivity contribution in [3.8, 4) is 0 Å². The molecule has 2 aliphatic rings. The number of ketones is 1. The van der Waals surface area contributed by atoms with Gasteiger partial charge in [0.1, 0.15) is 5.78 Å². The molecule has 3 atom stereocenters. The number of pyridine rings is 1. The molecule has 42 heavy (non-hydrogen) atoms. The molecule has 1 aliphatic carbocycles. The van der Waals surface area contributed by atoms with E-state index in [1.165, 1.54) is 0 Å². The van der Waals surface area contributed by atoms with E-state index in [4.69, 9.17) is 14.2 Å². The fourth-order valence-electron chi connectivity index (χ4n) is 5.62. The standard InChI is InChI=1S/C31H48N4O7/c1-4-22(2)30(38)23-7-9-25(10-8-23)34-27(36)11-14-40-16-18-42-19-17-41-15-13-33-31(39)26-20-28(37)35(3)29(26)24-6-5-12-32-21-24/h5-6,12,21-23,25-26,29H,4,7-11,13-20H2,1-3H3,(H,33,39)(H,34,36)/t22?,23?,25?,26-,29+/m0/s1. The quantitative estimate of drug-likeness (QED) is 0.250. The molecule has 3 amide bonds. The van der Waals surface area contributed by atoms with Gasteiger partial charge in [-0.1, -0.05) is 19.9 Å². The van der Waals surface area contributed by atoms with Gasteiger partial charge in [-0.25, -0.2) is 0 Å². The minimum Gasteiger partial charge on any atom is -0.379 e. The van der Waals surface area contributed by atoms with Crippen LogP contribution in [0.3, 0.4) is 0 Å². The minimum absolute atomic E-state index is 0.0211. The van der Waals surface area contributed by atoms with E-state index >= 15 is 0 Å². The van der Waals surface area contributed by atoms with Crippen LogP contribution in [0, 0.1) is 17.8 Å². The van der Waals surface area contributed by atoms with Crippen molar-refractivity contribution in [2.75, 3.05) is 53.2 Å². The van der Waals surface area contributed by atoms with Crippen LogP contribution in [0.25, 0.3) is 0 Å². The first-order chi connectivity index (χ1) is 20.3. The van der Waals surface area contributed by atoms with E-state index in [1.807, 2.05) is 19.9 Å². The number of hydrogen-bond donors (Lipinski definition) is 2. The molecule has 3 rings (SSSR count). The minimum atomic E-state index is -0.465. The molecule has 2 fully saturated rings. The Morgan fingerprint density at radius 3 is 2.33 bits per heavy atom. The van der Waals surface area contributed by atoms with E-state index in [0.29, 0.717) is 58.4 Å². The number of amides is 3. The number of ether oxygens (including phenoxy) is 3. The fourth-order valence-corrected chi connectivity index (χ4v) is 5.62. The molecule has 2 heterocycles. The number of nitrogens with zero attached hydrogens (tertiary/aromatic N) is 2. The lowest BCUT2D eigenvalue weighted by molar-refractivity contribution is -0.128. The van der Waals surface area contributed by atoms with Crippen LogP contribution in [0.1, 0.15) is 70.4 Å². The first-order valence-electron chi connectivity index (χ1n) is 15.3. The predicted octanol–water partition coefficient (Wildman–Crippen LogP) is 2.45. The molecule has 11 heteroatoms. The van der Waals surface area contributed by atoms with Crippen LogP contribution in [-0.4, -0.2) is 92.7 Å². The van der Waals surface area contributed by atoms with Gasteiger partial charge in [-0.2, -0.15) is 0 Å². The lowest BCUT2D eigenvalue weighted by atomic mass is 9.79. The topological polar surface area (TPSA) is 136 Å². The number of rotatable bonds is 18. The Balaban J connectivity index is 1.14. The van der Waals surface area contributed by atoms with Gasteiger partial charge in [0.05, 0.1) is 51.6 Å². The van der Waals surface area contributed by atoms with Crippen molar-refractivity contribution in [3.05, 3.63) is 30.1 Å². The van der Waals surface area contributed by atoms with Gasteiger partial charge in [-0.15, -0.1) is 0 Å². The van der Waals surface area contributed by atoms with Crippen molar-refractivity contribution in [1.82, 2.24) is 20.5 Å². The molecule has 234 valence electrons. The van der Waals surface area contributed by atoms with E-state index in [1.54, 1.807) is 30.4 Å². The number of likely N-dealkylation sites (tertiary alicyclic amines) is 1. The van der Waals surface area contributed by atoms with Crippen LogP contribution in [0.4, 0.5) is 0 Å². The molecule has 1 saturated heterocycles. The Morgan fingerprint density at radius 1 is 1.02 bits per heavy atom. The maximum Gasteiger partial charge on any atom is 0.226 e. The first kappa shape index (κ1) is 33.6. The maximum absolute atomic E-state index is 12.7. The zero-order chi connectivity index (χ0) is 30.3. The van der Waals surface area contributed by atoms with Crippen LogP contribution in [0.5, 0.6) is 0 Å². The van der Waals surface area contributed by atoms with Gasteiger partial charge < -0.3 is 29.7 Å². The number of Topliss-reactive ketones (excluding diaryl/α,β-unsaturated/α-hetero) is 1. The van der Waals surface area contributed by atoms with Gasteiger partial charge in [0.2, 0.25) is 17.7 Å². The van der Waals surface area contributed by atoms with E-state index in [2.05, 4.69) is 15.6 Å². The highest BCUT2D eigenvalue weighted by Gasteiger charge is 2.42. The average molecular weight is 589 g/mol. The smallest absolute Gasteiger partial charge is 0.226 e. The second-order valence-electron chi connectivity index (χ2n) is 11.3. The highest BCUT2D eigenvalue weighted by atomic mass is 16.5. The molecule has 11 nitrogen and oxygen atoms in total. The second kappa shape index (κ2) is 17.9. The molecule has 1 saturated carbocycles. The van der Waals surface area contributed by atoms with Crippen LogP contribution in [0.2, 0.25) is 0 Å². The average Bonchev–Trinajstić information content (AvgIpc) is 3.31. The third-order valence-electron chi connectivity index (χ3n) is 8.30. The van der Waals surface area contributed by atoms with Crippen molar-refractivity contribution in [1.29, 1.82) is 0 Å². The maximum atomic E-state index is 12.7. The molecule has 1 unspecified atom stereocenters. The van der Waals surface area contributed by atoms with Crippen molar-refractivity contribution in [3.63, 3.8) is 0 Å². The molecule has 1 aromatic rings. The molecule has 0 bridgehead atoms. The third kappa shape index (κ3) is 10.4. The predicted molar refractivity (Wildman–Crippen MR) is 156 cm³/mol. The van der Waals surface area contributed by atoms with Gasteiger partial charge in [-0.3, -0.25) is 24.2 Å². The van der Waals surface area contributed by atoms with E-state index in [0.717, 1.165) is 37.7 Å². The van der Waals surface area contributed by atoms with Crippen molar-refractivity contribution < 1.29 is 33.4 Å². The van der Waals surface area contributed by atoms with Crippen LogP contribution in [-0.2, 0) is 33.4 Å². The van der Waals surface area contributed by atoms with Gasteiger partial charge in [0.25, 0.3) is 0 Å². The van der Waals surface area contributed by atoms with Crippen molar-refractivity contribution in [2.24, 2.45) is 17.8 Å². The summed E-state index contributed by atoms with van der Waals surface area (Å²) in [4.78, 5) is 55.3. The Bertz CT molecular complexity index is 1000. The SMILES string of the molecule is CCC(C)C(=O)C1CCC(NC(=O)CCOCCOCCOCCNC(=O)[C@H]2CC(=O)N(C)[C@@H]2c2cccnc2)CC1. The molecular weight excluding hydrogens is 540 g/mol. The molecule has 1 aliphatic heterocycles. The monoisotopic (exact) mass is 588 g/mol. The van der Waals surface area contributed by atoms with E-state index < -0.39 is 5.92 Å². The molecule has 1 aromatic heterocycles. The second-order valence-corrected chi connectivity index (χ2v) is 11.3. The van der Waals surface area contributed by atoms with E-state index in [9.17, 15) is 19.2 Å². The lowest BCUT2D eigenvalue weighted by Gasteiger charge is -2.29. The summed E-state index contributed by atoms with van der Waals surface area (Å²) in [5, 5.41) is 5.94. The number of nitrogens with one attached hydrogen (secondary N) is 2. The van der Waals surface area contributed by atoms with Crippen LogP contribution >= 0.6 is 0 Å². The Labute approximate surface area is 249 Å². The summed E-state index contributed by atoms with van der Waals surface area (Å²) in [5.41, 5.74) is 0.844. The number of aromatic nitrogens is 1. The summed E-state index contributed by atoms with van der Waals surface area (Å²) in [6, 6.07) is 3.50. The normalized spacial score (nSPS) is 23.0. The molecular formula is C31H48N4O7. The lowest BCUT2D eigenvalue weighted by Crippen LogP contribution is -2.39. The number of carbonyl (C=O) groups excluding carboxylic acids is 4. The fraction of sp³-hybridized carbons (Fsp3) is 0.710. The van der Waals surface area contributed by atoms with Crippen LogP contribution < -0.4 is 10.6 Å². The first-order valence-corrected chi connectivity index (χ1v) is 15.3. The van der Waals surface area contributed by atoms with Gasteiger partial charge in [0, 0.05) is 56.7 Å². The van der Waals surface area contributed by atoms with Crippen molar-refractivity contribution in [2.45, 2.75) is 70.9 Å². The van der Waals surface area contributed by atoms with Gasteiger partial charge in [0.15, 0.2) is 0 Å². The summed E-state index contributed by atoms with van der Waals surface area (Å²) in [7, 11) is 1.71. The molecule has 2 N–H and O–H groups in total. The summed E-state index contributed by atoms with van der Waals surface area (Å²) in [6.07, 6.45) is 8.13. The summed E-state index contributed by atoms with van der Waals surface area (Å²) < 4.78 is 16.5.